The minimum Gasteiger partial charge on any atom is -0.463 e. The predicted molar refractivity (Wildman–Crippen MR) is 74.5 cm³/mol. The molecule has 0 fully saturated rings. The molecule has 0 radical (unpaired) electrons. The van der Waals surface area contributed by atoms with Crippen molar-refractivity contribution in [3.05, 3.63) is 34.8 Å². The van der Waals surface area contributed by atoms with Crippen LogP contribution in [-0.2, 0) is 13.1 Å². The van der Waals surface area contributed by atoms with Gasteiger partial charge in [-0.25, -0.2) is 0 Å². The van der Waals surface area contributed by atoms with Gasteiger partial charge >= 0.3 is 0 Å². The monoisotopic (exact) mass is 248 g/mol. The van der Waals surface area contributed by atoms with E-state index in [1.54, 1.807) is 0 Å². The molecule has 100 valence electrons. The zero-order chi connectivity index (χ0) is 13.0. The average Bonchev–Trinajstić information content (AvgIpc) is 2.67. The van der Waals surface area contributed by atoms with Crippen molar-refractivity contribution in [2.75, 3.05) is 19.6 Å². The number of furan rings is 1. The molecule has 0 saturated carbocycles. The zero-order valence-electron chi connectivity index (χ0n) is 11.8. The first-order valence-electron chi connectivity index (χ1n) is 6.86. The third kappa shape index (κ3) is 3.47. The van der Waals surface area contributed by atoms with E-state index in [0.29, 0.717) is 0 Å². The molecule has 0 amide bonds. The van der Waals surface area contributed by atoms with Gasteiger partial charge in [0.15, 0.2) is 0 Å². The van der Waals surface area contributed by atoms with Crippen LogP contribution in [0, 0.1) is 6.92 Å². The van der Waals surface area contributed by atoms with Gasteiger partial charge in [0.2, 0.25) is 0 Å². The van der Waals surface area contributed by atoms with Crippen LogP contribution in [0.2, 0.25) is 0 Å². The lowest BCUT2D eigenvalue weighted by molar-refractivity contribution is 0.254. The Morgan fingerprint density at radius 2 is 2.22 bits per heavy atom. The van der Waals surface area contributed by atoms with Crippen LogP contribution in [-0.4, -0.2) is 24.5 Å². The van der Waals surface area contributed by atoms with E-state index in [0.717, 1.165) is 50.7 Å². The summed E-state index contributed by atoms with van der Waals surface area (Å²) in [6.45, 7) is 11.4. The van der Waals surface area contributed by atoms with E-state index >= 15 is 0 Å². The lowest BCUT2D eigenvalue weighted by Crippen LogP contribution is -2.28. The number of hydrogen-bond acceptors (Lipinski definition) is 3. The molecule has 0 aliphatic carbocycles. The van der Waals surface area contributed by atoms with Crippen molar-refractivity contribution in [3.8, 4) is 0 Å². The van der Waals surface area contributed by atoms with E-state index in [4.69, 9.17) is 4.42 Å². The normalized spacial score (nSPS) is 16.9. The summed E-state index contributed by atoms with van der Waals surface area (Å²) in [6, 6.07) is 2.18. The molecule has 3 heteroatoms. The fourth-order valence-electron chi connectivity index (χ4n) is 2.43. The molecule has 1 aromatic rings. The van der Waals surface area contributed by atoms with Crippen molar-refractivity contribution in [2.45, 2.75) is 40.3 Å². The van der Waals surface area contributed by atoms with E-state index in [1.807, 2.05) is 0 Å². The second-order valence-corrected chi connectivity index (χ2v) is 5.15. The van der Waals surface area contributed by atoms with Crippen LogP contribution in [0.4, 0.5) is 0 Å². The Kier molecular flexibility index (Phi) is 4.61. The Hall–Kier alpha value is -1.06. The van der Waals surface area contributed by atoms with Crippen molar-refractivity contribution in [3.63, 3.8) is 0 Å². The summed E-state index contributed by atoms with van der Waals surface area (Å²) in [5, 5.41) is 3.31. The highest BCUT2D eigenvalue weighted by Crippen LogP contribution is 2.18. The van der Waals surface area contributed by atoms with Crippen LogP contribution in [0.1, 0.15) is 37.4 Å². The maximum atomic E-state index is 5.93. The van der Waals surface area contributed by atoms with E-state index in [2.05, 4.69) is 43.1 Å². The standard InChI is InChI=1S/C15H24N2O/c1-4-16-9-15-13(3)8-14(18-15)11-17-7-5-6-12(2)10-17/h6,8,16H,4-5,7,9-11H2,1-3H3. The summed E-state index contributed by atoms with van der Waals surface area (Å²) in [4.78, 5) is 2.45. The van der Waals surface area contributed by atoms with Gasteiger partial charge < -0.3 is 9.73 Å². The average molecular weight is 248 g/mol. The molecule has 2 heterocycles. The molecule has 1 aliphatic rings. The van der Waals surface area contributed by atoms with Gasteiger partial charge in [-0.05, 0) is 38.4 Å². The number of hydrogen-bond donors (Lipinski definition) is 1. The fourth-order valence-corrected chi connectivity index (χ4v) is 2.43. The van der Waals surface area contributed by atoms with Gasteiger partial charge in [-0.15, -0.1) is 0 Å². The second-order valence-electron chi connectivity index (χ2n) is 5.15. The molecule has 1 N–H and O–H groups in total. The van der Waals surface area contributed by atoms with E-state index in [1.165, 1.54) is 11.1 Å². The number of nitrogens with one attached hydrogen (secondary N) is 1. The molecule has 1 aromatic heterocycles. The molecular weight excluding hydrogens is 224 g/mol. The Morgan fingerprint density at radius 3 is 2.94 bits per heavy atom. The molecule has 18 heavy (non-hydrogen) atoms. The molecule has 2 rings (SSSR count). The topological polar surface area (TPSA) is 28.4 Å². The van der Waals surface area contributed by atoms with Crippen molar-refractivity contribution >= 4 is 0 Å². The third-order valence-electron chi connectivity index (χ3n) is 3.40. The minimum absolute atomic E-state index is 0.835. The summed E-state index contributed by atoms with van der Waals surface area (Å²) in [5.74, 6) is 2.17. The fraction of sp³-hybridized carbons (Fsp3) is 0.600. The minimum atomic E-state index is 0.835. The van der Waals surface area contributed by atoms with Crippen molar-refractivity contribution in [1.82, 2.24) is 10.2 Å². The summed E-state index contributed by atoms with van der Waals surface area (Å²) in [6.07, 6.45) is 3.50. The summed E-state index contributed by atoms with van der Waals surface area (Å²) in [7, 11) is 0. The summed E-state index contributed by atoms with van der Waals surface area (Å²) < 4.78 is 5.93. The van der Waals surface area contributed by atoms with E-state index in [9.17, 15) is 0 Å². The first kappa shape index (κ1) is 13.4. The first-order valence-corrected chi connectivity index (χ1v) is 6.86. The molecule has 0 bridgehead atoms. The summed E-state index contributed by atoms with van der Waals surface area (Å²) in [5.41, 5.74) is 2.73. The Balaban J connectivity index is 1.95. The van der Waals surface area contributed by atoms with Gasteiger partial charge in [-0.3, -0.25) is 4.90 Å². The second kappa shape index (κ2) is 6.21. The van der Waals surface area contributed by atoms with Crippen LogP contribution >= 0.6 is 0 Å². The maximum absolute atomic E-state index is 5.93. The maximum Gasteiger partial charge on any atom is 0.120 e. The quantitative estimate of drug-likeness (QED) is 0.812. The lowest BCUT2D eigenvalue weighted by Gasteiger charge is -2.24. The molecule has 0 aromatic carbocycles. The SMILES string of the molecule is CCNCc1oc(CN2CCC=C(C)C2)cc1C. The highest BCUT2D eigenvalue weighted by atomic mass is 16.3. The van der Waals surface area contributed by atoms with Crippen LogP contribution in [0.25, 0.3) is 0 Å². The van der Waals surface area contributed by atoms with E-state index < -0.39 is 0 Å². The largest absolute Gasteiger partial charge is 0.463 e. The Bertz CT molecular complexity index is 420. The van der Waals surface area contributed by atoms with Crippen LogP contribution < -0.4 is 5.32 Å². The molecule has 1 aliphatic heterocycles. The van der Waals surface area contributed by atoms with Gasteiger partial charge in [0.05, 0.1) is 13.1 Å². The number of nitrogens with zero attached hydrogens (tertiary/aromatic N) is 1. The van der Waals surface area contributed by atoms with Crippen molar-refractivity contribution in [1.29, 1.82) is 0 Å². The van der Waals surface area contributed by atoms with Crippen LogP contribution in [0.15, 0.2) is 22.1 Å². The van der Waals surface area contributed by atoms with Crippen molar-refractivity contribution < 1.29 is 4.42 Å². The Morgan fingerprint density at radius 1 is 1.39 bits per heavy atom. The summed E-state index contributed by atoms with van der Waals surface area (Å²) >= 11 is 0. The molecule has 0 unspecified atom stereocenters. The Labute approximate surface area is 110 Å². The molecule has 0 spiro atoms. The van der Waals surface area contributed by atoms with Crippen LogP contribution in [0.3, 0.4) is 0 Å². The van der Waals surface area contributed by atoms with Gasteiger partial charge in [0.25, 0.3) is 0 Å². The first-order chi connectivity index (χ1) is 8.69. The number of rotatable bonds is 5. The zero-order valence-corrected chi connectivity index (χ0v) is 11.8. The van der Waals surface area contributed by atoms with Crippen molar-refractivity contribution in [2.24, 2.45) is 0 Å². The van der Waals surface area contributed by atoms with Gasteiger partial charge in [0, 0.05) is 13.1 Å². The highest BCUT2D eigenvalue weighted by Gasteiger charge is 2.14. The van der Waals surface area contributed by atoms with Crippen LogP contribution in [0.5, 0.6) is 0 Å². The molecule has 3 nitrogen and oxygen atoms in total. The number of aryl methyl sites for hydroxylation is 1. The molecule has 0 atom stereocenters. The predicted octanol–water partition coefficient (Wildman–Crippen LogP) is 2.85. The molecule has 0 saturated heterocycles. The third-order valence-corrected chi connectivity index (χ3v) is 3.40. The lowest BCUT2D eigenvalue weighted by atomic mass is 10.1. The smallest absolute Gasteiger partial charge is 0.120 e. The van der Waals surface area contributed by atoms with Gasteiger partial charge in [-0.2, -0.15) is 0 Å². The van der Waals surface area contributed by atoms with Gasteiger partial charge in [-0.1, -0.05) is 18.6 Å². The molecular formula is C15H24N2O. The van der Waals surface area contributed by atoms with Gasteiger partial charge in [0.1, 0.15) is 11.5 Å². The highest BCUT2D eigenvalue weighted by molar-refractivity contribution is 5.20. The van der Waals surface area contributed by atoms with E-state index in [-0.39, 0.29) is 0 Å².